The number of benzene rings is 2. The molecule has 0 aromatic heterocycles. The second kappa shape index (κ2) is 24.9. The quantitative estimate of drug-likeness (QED) is 0.0451. The van der Waals surface area contributed by atoms with E-state index in [4.69, 9.17) is 4.74 Å². The Morgan fingerprint density at radius 2 is 1.11 bits per heavy atom. The number of hydrogen-bond donors (Lipinski definition) is 2. The minimum absolute atomic E-state index is 0.232. The lowest BCUT2D eigenvalue weighted by atomic mass is 9.99. The molecule has 0 aliphatic carbocycles. The van der Waals surface area contributed by atoms with Crippen molar-refractivity contribution < 1.29 is 19.7 Å². The van der Waals surface area contributed by atoms with Crippen LogP contribution in [0.25, 0.3) is 6.08 Å². The molecule has 246 valence electrons. The maximum absolute atomic E-state index is 12.7. The second-order valence-electron chi connectivity index (χ2n) is 11.4. The molecule has 0 bridgehead atoms. The minimum atomic E-state index is -0.452. The number of aromatic hydroxyl groups is 2. The van der Waals surface area contributed by atoms with Crippen LogP contribution in [0.1, 0.15) is 101 Å². The summed E-state index contributed by atoms with van der Waals surface area (Å²) in [5.74, 6) is 0.523. The molecule has 0 unspecified atom stereocenters. The predicted molar refractivity (Wildman–Crippen MR) is 195 cm³/mol. The Morgan fingerprint density at radius 3 is 1.72 bits per heavy atom. The Morgan fingerprint density at radius 1 is 0.609 bits per heavy atom. The monoisotopic (exact) mass is 622 g/mol. The second-order valence-corrected chi connectivity index (χ2v) is 11.4. The van der Waals surface area contributed by atoms with E-state index in [2.05, 4.69) is 13.8 Å². The first kappa shape index (κ1) is 37.9. The van der Waals surface area contributed by atoms with Crippen LogP contribution in [-0.4, -0.2) is 16.2 Å². The lowest BCUT2D eigenvalue weighted by Crippen LogP contribution is -2.07. The van der Waals surface area contributed by atoms with Gasteiger partial charge in [-0.1, -0.05) is 163 Å². The molecule has 4 nitrogen and oxygen atoms in total. The Labute approximate surface area is 277 Å². The summed E-state index contributed by atoms with van der Waals surface area (Å²) in [6, 6.07) is 10.8. The van der Waals surface area contributed by atoms with Crippen molar-refractivity contribution in [1.82, 2.24) is 0 Å². The molecule has 0 heterocycles. The average molecular weight is 623 g/mol. The SMILES string of the molecule is CCCCCCCCCCc1c(O)cc(CCCCC)cc1OC(=O)C=CC=CC=CC=CC=CC=CC=Cc1ccc(O)cc1. The van der Waals surface area contributed by atoms with Gasteiger partial charge in [0.2, 0.25) is 0 Å². The van der Waals surface area contributed by atoms with Gasteiger partial charge in [-0.05, 0) is 61.1 Å². The zero-order valence-electron chi connectivity index (χ0n) is 28.0. The molecule has 4 heteroatoms. The van der Waals surface area contributed by atoms with Crippen molar-refractivity contribution in [3.05, 3.63) is 132 Å². The van der Waals surface area contributed by atoms with Gasteiger partial charge in [-0.25, -0.2) is 4.79 Å². The third-order valence-corrected chi connectivity index (χ3v) is 7.44. The Kier molecular flexibility index (Phi) is 20.5. The lowest BCUT2D eigenvalue weighted by molar-refractivity contribution is -0.129. The molecule has 0 radical (unpaired) electrons. The zero-order chi connectivity index (χ0) is 33.1. The fourth-order valence-electron chi connectivity index (χ4n) is 4.86. The topological polar surface area (TPSA) is 66.8 Å². The van der Waals surface area contributed by atoms with Gasteiger partial charge in [0, 0.05) is 11.6 Å². The minimum Gasteiger partial charge on any atom is -0.508 e. The highest BCUT2D eigenvalue weighted by molar-refractivity contribution is 5.84. The molecular weight excluding hydrogens is 568 g/mol. The van der Waals surface area contributed by atoms with E-state index in [9.17, 15) is 15.0 Å². The summed E-state index contributed by atoms with van der Waals surface area (Å²) >= 11 is 0. The van der Waals surface area contributed by atoms with Crippen LogP contribution < -0.4 is 4.74 Å². The number of carbonyl (C=O) groups is 1. The highest BCUT2D eigenvalue weighted by Gasteiger charge is 2.14. The van der Waals surface area contributed by atoms with Crippen LogP contribution >= 0.6 is 0 Å². The summed E-state index contributed by atoms with van der Waals surface area (Å²) in [4.78, 5) is 12.7. The van der Waals surface area contributed by atoms with Gasteiger partial charge in [0.15, 0.2) is 0 Å². The molecule has 0 aliphatic rings. The highest BCUT2D eigenvalue weighted by Crippen LogP contribution is 2.32. The number of hydrogen-bond acceptors (Lipinski definition) is 4. The smallest absolute Gasteiger partial charge is 0.336 e. The molecule has 0 saturated carbocycles. The number of phenolic OH excluding ortho intramolecular Hbond substituents is 2. The Bertz CT molecular complexity index is 1340. The van der Waals surface area contributed by atoms with Crippen molar-refractivity contribution in [2.45, 2.75) is 97.3 Å². The van der Waals surface area contributed by atoms with Crippen LogP contribution in [0.2, 0.25) is 0 Å². The number of esters is 1. The molecule has 2 aromatic rings. The van der Waals surface area contributed by atoms with E-state index in [-0.39, 0.29) is 11.5 Å². The average Bonchev–Trinajstić information content (AvgIpc) is 3.04. The number of ether oxygens (including phenoxy) is 1. The first-order valence-corrected chi connectivity index (χ1v) is 17.1. The van der Waals surface area contributed by atoms with E-state index < -0.39 is 5.97 Å². The number of rotatable bonds is 22. The third kappa shape index (κ3) is 17.9. The molecule has 0 saturated heterocycles. The lowest BCUT2D eigenvalue weighted by Gasteiger charge is -2.14. The molecule has 0 aliphatic heterocycles. The van der Waals surface area contributed by atoms with E-state index in [1.54, 1.807) is 24.3 Å². The summed E-state index contributed by atoms with van der Waals surface area (Å²) in [5, 5.41) is 20.1. The Hall–Kier alpha value is -4.31. The summed E-state index contributed by atoms with van der Waals surface area (Å²) in [6.07, 6.45) is 40.6. The number of unbranched alkanes of at least 4 members (excludes halogenated alkanes) is 9. The van der Waals surface area contributed by atoms with Crippen molar-refractivity contribution in [1.29, 1.82) is 0 Å². The van der Waals surface area contributed by atoms with Gasteiger partial charge in [0.1, 0.15) is 17.2 Å². The first-order chi connectivity index (χ1) is 22.5. The van der Waals surface area contributed by atoms with Gasteiger partial charge in [0.05, 0.1) is 0 Å². The van der Waals surface area contributed by atoms with Crippen molar-refractivity contribution >= 4 is 12.0 Å². The van der Waals surface area contributed by atoms with Gasteiger partial charge in [-0.3, -0.25) is 0 Å². The van der Waals surface area contributed by atoms with Crippen LogP contribution in [0.5, 0.6) is 17.2 Å². The summed E-state index contributed by atoms with van der Waals surface area (Å²) < 4.78 is 5.75. The molecule has 46 heavy (non-hydrogen) atoms. The molecular formula is C42H54O4. The molecule has 2 N–H and O–H groups in total. The fraction of sp³-hybridized carbons (Fsp3) is 0.357. The van der Waals surface area contributed by atoms with E-state index in [0.29, 0.717) is 12.2 Å². The molecule has 0 fully saturated rings. The maximum Gasteiger partial charge on any atom is 0.336 e. The van der Waals surface area contributed by atoms with Crippen molar-refractivity contribution in [3.8, 4) is 17.2 Å². The standard InChI is InChI=1S/C42H54O4/c1-3-5-7-8-9-17-20-24-28-39-40(44)34-37(27-22-6-4-2)35-41(39)46-42(45)29-25-21-18-15-13-11-10-12-14-16-19-23-26-36-30-32-38(43)33-31-36/h10-16,18-19,21,23,25-26,29-35,43-44H,3-9,17,20,22,24,27-28H2,1-2H3. The van der Waals surface area contributed by atoms with E-state index >= 15 is 0 Å². The maximum atomic E-state index is 12.7. The summed E-state index contributed by atoms with van der Waals surface area (Å²) in [5.41, 5.74) is 2.76. The molecule has 0 spiro atoms. The summed E-state index contributed by atoms with van der Waals surface area (Å²) in [6.45, 7) is 4.41. The molecule has 2 rings (SSSR count). The largest absolute Gasteiger partial charge is 0.508 e. The van der Waals surface area contributed by atoms with Crippen LogP contribution in [0, 0.1) is 0 Å². The number of aryl methyl sites for hydroxylation is 1. The predicted octanol–water partition coefficient (Wildman–Crippen LogP) is 11.5. The van der Waals surface area contributed by atoms with Gasteiger partial charge in [-0.15, -0.1) is 0 Å². The van der Waals surface area contributed by atoms with Gasteiger partial charge in [0.25, 0.3) is 0 Å². The Balaban J connectivity index is 1.83. The highest BCUT2D eigenvalue weighted by atomic mass is 16.5. The van der Waals surface area contributed by atoms with Gasteiger partial charge in [-0.2, -0.15) is 0 Å². The van der Waals surface area contributed by atoms with Crippen molar-refractivity contribution in [3.63, 3.8) is 0 Å². The zero-order valence-corrected chi connectivity index (χ0v) is 28.0. The van der Waals surface area contributed by atoms with E-state index in [0.717, 1.165) is 55.2 Å². The summed E-state index contributed by atoms with van der Waals surface area (Å²) in [7, 11) is 0. The number of carbonyl (C=O) groups excluding carboxylic acids is 1. The third-order valence-electron chi connectivity index (χ3n) is 7.44. The van der Waals surface area contributed by atoms with Crippen LogP contribution in [0.4, 0.5) is 0 Å². The fourth-order valence-corrected chi connectivity index (χ4v) is 4.86. The van der Waals surface area contributed by atoms with Crippen molar-refractivity contribution in [2.75, 3.05) is 0 Å². The normalized spacial score (nSPS) is 12.5. The number of allylic oxidation sites excluding steroid dienone is 12. The first-order valence-electron chi connectivity index (χ1n) is 17.1. The van der Waals surface area contributed by atoms with Crippen LogP contribution in [-0.2, 0) is 17.6 Å². The molecule has 0 atom stereocenters. The molecule has 0 amide bonds. The van der Waals surface area contributed by atoms with Crippen molar-refractivity contribution in [2.24, 2.45) is 0 Å². The number of phenols is 2. The van der Waals surface area contributed by atoms with E-state index in [1.165, 1.54) is 44.6 Å². The molecule has 2 aromatic carbocycles. The van der Waals surface area contributed by atoms with Gasteiger partial charge >= 0.3 is 5.97 Å². The van der Waals surface area contributed by atoms with E-state index in [1.807, 2.05) is 91.1 Å². The van der Waals surface area contributed by atoms with Crippen LogP contribution in [0.3, 0.4) is 0 Å². The van der Waals surface area contributed by atoms with Gasteiger partial charge < -0.3 is 14.9 Å². The van der Waals surface area contributed by atoms with Crippen LogP contribution in [0.15, 0.2) is 115 Å².